The Hall–Kier alpha value is -1.31. The first-order chi connectivity index (χ1) is 7.38. The maximum absolute atomic E-state index is 8.58. The van der Waals surface area contributed by atoms with Crippen LogP contribution in [0.1, 0.15) is 43.6 Å². The number of carbonyl (C=O) groups excluding carboxylic acids is 1. The van der Waals surface area contributed by atoms with Crippen molar-refractivity contribution < 1.29 is 4.79 Å². The van der Waals surface area contributed by atoms with Gasteiger partial charge in [0.1, 0.15) is 0 Å². The summed E-state index contributed by atoms with van der Waals surface area (Å²) in [6.45, 7) is 0. The Kier molecular flexibility index (Phi) is 5.52. The van der Waals surface area contributed by atoms with Gasteiger partial charge in [-0.3, -0.25) is 4.79 Å². The van der Waals surface area contributed by atoms with Gasteiger partial charge in [-0.2, -0.15) is 0 Å². The molecule has 1 aromatic rings. The van der Waals surface area contributed by atoms with Gasteiger partial charge in [0.05, 0.1) is 0 Å². The molecule has 0 unspecified atom stereocenters. The second-order valence-electron chi connectivity index (χ2n) is 3.88. The van der Waals surface area contributed by atoms with E-state index in [1.807, 2.05) is 0 Å². The molecule has 0 saturated heterocycles. The Morgan fingerprint density at radius 3 is 2.13 bits per heavy atom. The molecule has 2 N–H and O–H groups in total. The zero-order valence-electron chi connectivity index (χ0n) is 9.06. The first-order valence-electron chi connectivity index (χ1n) is 5.58. The van der Waals surface area contributed by atoms with Gasteiger partial charge in [-0.25, -0.2) is 0 Å². The zero-order valence-corrected chi connectivity index (χ0v) is 9.06. The maximum Gasteiger partial charge on any atom is 0.204 e. The summed E-state index contributed by atoms with van der Waals surface area (Å²) in [7, 11) is 0. The van der Waals surface area contributed by atoms with E-state index < -0.39 is 0 Å². The predicted octanol–water partition coefficient (Wildman–Crippen LogP) is 2.84. The summed E-state index contributed by atoms with van der Waals surface area (Å²) in [5, 5.41) is 0. The topological polar surface area (TPSA) is 43.1 Å². The Morgan fingerprint density at radius 1 is 1.07 bits per heavy atom. The smallest absolute Gasteiger partial charge is 0.204 e. The summed E-state index contributed by atoms with van der Waals surface area (Å²) in [6.07, 6.45) is 7.37. The summed E-state index contributed by atoms with van der Waals surface area (Å²) in [5.41, 5.74) is 5.72. The molecule has 2 rings (SSSR count). The molecule has 82 valence electrons. The molecule has 0 spiro atoms. The summed E-state index contributed by atoms with van der Waals surface area (Å²) < 4.78 is 0. The molecule has 2 heteroatoms. The van der Waals surface area contributed by atoms with Crippen LogP contribution in [0.5, 0.6) is 0 Å². The minimum absolute atomic E-state index is 0.250. The number of benzene rings is 1. The molecule has 2 nitrogen and oxygen atoms in total. The number of carbonyl (C=O) groups is 1. The number of nitrogens with two attached hydrogens (primary N) is 1. The molecule has 1 aromatic carbocycles. The molecule has 0 radical (unpaired) electrons. The molecule has 1 amide bonds. The lowest BCUT2D eigenvalue weighted by molar-refractivity contribution is -0.106. The Balaban J connectivity index is 0.000000337. The Morgan fingerprint density at radius 2 is 1.60 bits per heavy atom. The van der Waals surface area contributed by atoms with E-state index in [9.17, 15) is 0 Å². The van der Waals surface area contributed by atoms with Gasteiger partial charge in [-0.05, 0) is 24.3 Å². The van der Waals surface area contributed by atoms with Crippen molar-refractivity contribution in [1.82, 2.24) is 0 Å². The zero-order chi connectivity index (χ0) is 10.9. The van der Waals surface area contributed by atoms with Crippen LogP contribution < -0.4 is 5.73 Å². The van der Waals surface area contributed by atoms with Crippen LogP contribution in [0.25, 0.3) is 0 Å². The fraction of sp³-hybridized carbons (Fsp3) is 0.462. The van der Waals surface area contributed by atoms with Gasteiger partial charge in [0.2, 0.25) is 6.41 Å². The third kappa shape index (κ3) is 4.15. The molecule has 0 atom stereocenters. The third-order valence-corrected chi connectivity index (χ3v) is 2.88. The van der Waals surface area contributed by atoms with Crippen LogP contribution in [0.3, 0.4) is 0 Å². The van der Waals surface area contributed by atoms with Crippen molar-refractivity contribution in [1.29, 1.82) is 0 Å². The standard InChI is InChI=1S/C12H16.CH3NO/c1-3-7-11(8-4-1)12-9-5-2-6-10-12;2-1-3/h1,3-4,7-8,12H,2,5-6,9-10H2;1H,(H2,2,3). The molecule has 0 aliphatic heterocycles. The molecule has 0 aromatic heterocycles. The second-order valence-corrected chi connectivity index (χ2v) is 3.88. The van der Waals surface area contributed by atoms with E-state index in [2.05, 4.69) is 36.1 Å². The number of amides is 1. The highest BCUT2D eigenvalue weighted by Gasteiger charge is 2.14. The normalized spacial score (nSPS) is 16.3. The van der Waals surface area contributed by atoms with Crippen molar-refractivity contribution in [3.8, 4) is 0 Å². The molecule has 1 aliphatic rings. The average Bonchev–Trinajstić information content (AvgIpc) is 2.32. The van der Waals surface area contributed by atoms with Gasteiger partial charge < -0.3 is 5.73 Å². The number of hydrogen-bond donors (Lipinski definition) is 1. The van der Waals surface area contributed by atoms with E-state index >= 15 is 0 Å². The first-order valence-corrected chi connectivity index (χ1v) is 5.58. The highest BCUT2D eigenvalue weighted by atomic mass is 16.1. The first kappa shape index (κ1) is 11.8. The van der Waals surface area contributed by atoms with Gasteiger partial charge in [0.15, 0.2) is 0 Å². The van der Waals surface area contributed by atoms with Crippen LogP contribution in [-0.2, 0) is 4.79 Å². The minimum atomic E-state index is 0.250. The van der Waals surface area contributed by atoms with E-state index in [-0.39, 0.29) is 6.41 Å². The van der Waals surface area contributed by atoms with Gasteiger partial charge in [-0.15, -0.1) is 0 Å². The largest absolute Gasteiger partial charge is 0.372 e. The lowest BCUT2D eigenvalue weighted by Gasteiger charge is -2.21. The highest BCUT2D eigenvalue weighted by Crippen LogP contribution is 2.31. The van der Waals surface area contributed by atoms with Crippen LogP contribution in [0, 0.1) is 0 Å². The van der Waals surface area contributed by atoms with Crippen molar-refractivity contribution in [3.63, 3.8) is 0 Å². The summed E-state index contributed by atoms with van der Waals surface area (Å²) >= 11 is 0. The van der Waals surface area contributed by atoms with Crippen LogP contribution >= 0.6 is 0 Å². The van der Waals surface area contributed by atoms with Crippen LogP contribution in [-0.4, -0.2) is 6.41 Å². The lowest BCUT2D eigenvalue weighted by Crippen LogP contribution is -2.03. The summed E-state index contributed by atoms with van der Waals surface area (Å²) in [5.74, 6) is 0.861. The van der Waals surface area contributed by atoms with Crippen LogP contribution in [0.2, 0.25) is 0 Å². The lowest BCUT2D eigenvalue weighted by atomic mass is 9.84. The quantitative estimate of drug-likeness (QED) is 0.704. The van der Waals surface area contributed by atoms with Gasteiger partial charge in [-0.1, -0.05) is 49.6 Å². The molecule has 0 heterocycles. The molecule has 15 heavy (non-hydrogen) atoms. The van der Waals surface area contributed by atoms with Crippen molar-refractivity contribution in [2.75, 3.05) is 0 Å². The minimum Gasteiger partial charge on any atom is -0.372 e. The average molecular weight is 205 g/mol. The van der Waals surface area contributed by atoms with Crippen LogP contribution in [0.4, 0.5) is 0 Å². The van der Waals surface area contributed by atoms with Crippen molar-refractivity contribution in [2.24, 2.45) is 5.73 Å². The highest BCUT2D eigenvalue weighted by molar-refractivity contribution is 5.42. The predicted molar refractivity (Wildman–Crippen MR) is 62.5 cm³/mol. The summed E-state index contributed by atoms with van der Waals surface area (Å²) in [4.78, 5) is 8.58. The number of hydrogen-bond acceptors (Lipinski definition) is 1. The summed E-state index contributed by atoms with van der Waals surface area (Å²) in [6, 6.07) is 11.0. The second kappa shape index (κ2) is 7.04. The van der Waals surface area contributed by atoms with Gasteiger partial charge >= 0.3 is 0 Å². The SMILES string of the molecule is NC=O.c1ccc(C2CCCCC2)cc1. The van der Waals surface area contributed by atoms with Crippen molar-refractivity contribution >= 4 is 6.41 Å². The van der Waals surface area contributed by atoms with E-state index in [0.717, 1.165) is 5.92 Å². The monoisotopic (exact) mass is 205 g/mol. The maximum atomic E-state index is 8.58. The third-order valence-electron chi connectivity index (χ3n) is 2.88. The van der Waals surface area contributed by atoms with E-state index in [1.165, 1.54) is 32.1 Å². The van der Waals surface area contributed by atoms with E-state index in [0.29, 0.717) is 0 Å². The Bertz CT molecular complexity index is 265. The van der Waals surface area contributed by atoms with Crippen molar-refractivity contribution in [2.45, 2.75) is 38.0 Å². The van der Waals surface area contributed by atoms with E-state index in [1.54, 1.807) is 5.56 Å². The molecule has 1 saturated carbocycles. The molecule has 1 aliphatic carbocycles. The fourth-order valence-corrected chi connectivity index (χ4v) is 2.16. The Labute approximate surface area is 91.5 Å². The fourth-order valence-electron chi connectivity index (χ4n) is 2.16. The molecule has 1 fully saturated rings. The van der Waals surface area contributed by atoms with E-state index in [4.69, 9.17) is 4.79 Å². The number of rotatable bonds is 1. The molecular formula is C13H19NO. The van der Waals surface area contributed by atoms with Crippen LogP contribution in [0.15, 0.2) is 30.3 Å². The number of primary amides is 1. The van der Waals surface area contributed by atoms with Gasteiger partial charge in [0, 0.05) is 0 Å². The molecular weight excluding hydrogens is 186 g/mol. The van der Waals surface area contributed by atoms with Gasteiger partial charge in [0.25, 0.3) is 0 Å². The van der Waals surface area contributed by atoms with Crippen molar-refractivity contribution in [3.05, 3.63) is 35.9 Å². The molecule has 0 bridgehead atoms.